The second kappa shape index (κ2) is 7.80. The van der Waals surface area contributed by atoms with Crippen molar-refractivity contribution in [3.05, 3.63) is 35.4 Å². The number of carboxylic acids is 1. The number of morpholine rings is 1. The molecule has 4 heterocycles. The van der Waals surface area contributed by atoms with E-state index < -0.39 is 11.4 Å². The van der Waals surface area contributed by atoms with Crippen molar-refractivity contribution in [3.63, 3.8) is 0 Å². The number of benzene rings is 1. The number of anilines is 1. The highest BCUT2D eigenvalue weighted by molar-refractivity contribution is 5.82. The topological polar surface area (TPSA) is 75.1 Å². The Morgan fingerprint density at radius 3 is 2.83 bits per heavy atom. The van der Waals surface area contributed by atoms with Gasteiger partial charge in [0.1, 0.15) is 11.2 Å². The zero-order valence-corrected chi connectivity index (χ0v) is 17.5. The summed E-state index contributed by atoms with van der Waals surface area (Å²) in [6.07, 6.45) is 0.814. The van der Waals surface area contributed by atoms with Gasteiger partial charge in [-0.3, -0.25) is 9.69 Å². The molecule has 0 aliphatic carbocycles. The van der Waals surface area contributed by atoms with Crippen molar-refractivity contribution >= 4 is 22.7 Å². The van der Waals surface area contributed by atoms with Crippen LogP contribution in [0, 0.1) is 18.3 Å². The van der Waals surface area contributed by atoms with Gasteiger partial charge in [-0.05, 0) is 37.0 Å². The van der Waals surface area contributed by atoms with E-state index in [9.17, 15) is 9.90 Å². The SMILES string of the molecule is Cc1ccc2cc(CN3C[C@@H]4CCOC[C@]4(C(=O)O)C3)c(N3CCOCC3)nc2c1. The van der Waals surface area contributed by atoms with Gasteiger partial charge in [0.15, 0.2) is 0 Å². The maximum absolute atomic E-state index is 12.1. The third kappa shape index (κ3) is 3.45. The van der Waals surface area contributed by atoms with Crippen molar-refractivity contribution in [1.82, 2.24) is 9.88 Å². The summed E-state index contributed by atoms with van der Waals surface area (Å²) in [7, 11) is 0. The van der Waals surface area contributed by atoms with E-state index in [1.165, 1.54) is 5.56 Å². The van der Waals surface area contributed by atoms with Crippen molar-refractivity contribution < 1.29 is 19.4 Å². The van der Waals surface area contributed by atoms with E-state index in [1.807, 2.05) is 0 Å². The predicted molar refractivity (Wildman–Crippen MR) is 114 cm³/mol. The van der Waals surface area contributed by atoms with Crippen LogP contribution in [0.2, 0.25) is 0 Å². The zero-order valence-electron chi connectivity index (χ0n) is 17.5. The Bertz CT molecular complexity index is 959. The average Bonchev–Trinajstić information content (AvgIpc) is 3.13. The summed E-state index contributed by atoms with van der Waals surface area (Å²) in [6.45, 7) is 8.15. The molecule has 0 unspecified atom stereocenters. The monoisotopic (exact) mass is 411 g/mol. The van der Waals surface area contributed by atoms with Crippen LogP contribution in [0.1, 0.15) is 17.5 Å². The second-order valence-corrected chi connectivity index (χ2v) is 8.94. The smallest absolute Gasteiger partial charge is 0.313 e. The molecule has 1 aromatic carbocycles. The van der Waals surface area contributed by atoms with E-state index in [-0.39, 0.29) is 5.92 Å². The average molecular weight is 412 g/mol. The molecule has 0 amide bonds. The van der Waals surface area contributed by atoms with Gasteiger partial charge in [-0.2, -0.15) is 0 Å². The molecule has 3 aliphatic rings. The van der Waals surface area contributed by atoms with Crippen LogP contribution in [0.15, 0.2) is 24.3 Å². The van der Waals surface area contributed by atoms with Crippen molar-refractivity contribution in [2.45, 2.75) is 19.9 Å². The molecule has 3 saturated heterocycles. The summed E-state index contributed by atoms with van der Waals surface area (Å²) in [4.78, 5) is 21.8. The molecule has 1 N–H and O–H groups in total. The fourth-order valence-electron chi connectivity index (χ4n) is 5.23. The molecule has 3 aliphatic heterocycles. The quantitative estimate of drug-likeness (QED) is 0.827. The van der Waals surface area contributed by atoms with Crippen LogP contribution in [0.25, 0.3) is 10.9 Å². The summed E-state index contributed by atoms with van der Waals surface area (Å²) in [5, 5.41) is 11.1. The molecule has 0 saturated carbocycles. The molecule has 2 aromatic rings. The van der Waals surface area contributed by atoms with E-state index in [4.69, 9.17) is 14.5 Å². The molecule has 0 spiro atoms. The lowest BCUT2D eigenvalue weighted by Crippen LogP contribution is -2.46. The number of aromatic nitrogens is 1. The molecule has 0 bridgehead atoms. The number of ether oxygens (including phenoxy) is 2. The Balaban J connectivity index is 1.48. The van der Waals surface area contributed by atoms with Gasteiger partial charge in [0.2, 0.25) is 0 Å². The standard InChI is InChI=1S/C23H29N3O4/c1-16-2-3-17-11-18(21(24-20(17)10-16)26-5-8-29-9-6-26)12-25-13-19-4-7-30-15-23(19,14-25)22(27)28/h2-3,10-11,19H,4-9,12-15H2,1H3,(H,27,28)/t19-,23+/m0/s1. The number of aliphatic carboxylic acids is 1. The molecule has 7 heteroatoms. The third-order valence-corrected chi connectivity index (χ3v) is 6.90. The number of likely N-dealkylation sites (tertiary alicyclic amines) is 1. The van der Waals surface area contributed by atoms with Crippen molar-refractivity contribution in [2.24, 2.45) is 11.3 Å². The Morgan fingerprint density at radius 1 is 1.23 bits per heavy atom. The Morgan fingerprint density at radius 2 is 2.07 bits per heavy atom. The largest absolute Gasteiger partial charge is 0.481 e. The van der Waals surface area contributed by atoms with E-state index in [0.717, 1.165) is 48.3 Å². The van der Waals surface area contributed by atoms with Gasteiger partial charge in [0.25, 0.3) is 0 Å². The van der Waals surface area contributed by atoms with Gasteiger partial charge >= 0.3 is 5.97 Å². The number of hydrogen-bond acceptors (Lipinski definition) is 6. The molecule has 160 valence electrons. The molecule has 2 atom stereocenters. The number of aryl methyl sites for hydroxylation is 1. The van der Waals surface area contributed by atoms with E-state index >= 15 is 0 Å². The van der Waals surface area contributed by atoms with Crippen LogP contribution < -0.4 is 4.90 Å². The molecule has 3 fully saturated rings. The van der Waals surface area contributed by atoms with Crippen molar-refractivity contribution in [2.75, 3.05) is 57.5 Å². The zero-order chi connectivity index (χ0) is 20.7. The van der Waals surface area contributed by atoms with Gasteiger partial charge in [0, 0.05) is 50.3 Å². The van der Waals surface area contributed by atoms with E-state index in [2.05, 4.69) is 41.0 Å². The normalized spacial score (nSPS) is 27.4. The maximum Gasteiger partial charge on any atom is 0.313 e. The molecule has 5 rings (SSSR count). The van der Waals surface area contributed by atoms with Crippen LogP contribution in [-0.4, -0.2) is 73.6 Å². The van der Waals surface area contributed by atoms with Gasteiger partial charge < -0.3 is 19.5 Å². The minimum atomic E-state index is -0.779. The third-order valence-electron chi connectivity index (χ3n) is 6.90. The summed E-state index contributed by atoms with van der Waals surface area (Å²) in [6, 6.07) is 8.60. The lowest BCUT2D eigenvalue weighted by atomic mass is 9.76. The fourth-order valence-corrected chi connectivity index (χ4v) is 5.23. The number of hydrogen-bond donors (Lipinski definition) is 1. The molecular weight excluding hydrogens is 382 g/mol. The first-order valence-electron chi connectivity index (χ1n) is 10.8. The maximum atomic E-state index is 12.1. The summed E-state index contributed by atoms with van der Waals surface area (Å²) < 4.78 is 11.1. The van der Waals surface area contributed by atoms with Crippen LogP contribution in [0.3, 0.4) is 0 Å². The van der Waals surface area contributed by atoms with Crippen molar-refractivity contribution in [3.8, 4) is 0 Å². The molecule has 30 heavy (non-hydrogen) atoms. The number of carbonyl (C=O) groups is 1. The highest BCUT2D eigenvalue weighted by atomic mass is 16.5. The van der Waals surface area contributed by atoms with Crippen molar-refractivity contribution in [1.29, 1.82) is 0 Å². The van der Waals surface area contributed by atoms with Crippen LogP contribution in [0.4, 0.5) is 5.82 Å². The van der Waals surface area contributed by atoms with Gasteiger partial charge in [-0.1, -0.05) is 12.1 Å². The molecule has 7 nitrogen and oxygen atoms in total. The number of nitrogens with zero attached hydrogens (tertiary/aromatic N) is 3. The first kappa shape index (κ1) is 19.7. The molecule has 0 radical (unpaired) electrons. The summed E-state index contributed by atoms with van der Waals surface area (Å²) >= 11 is 0. The number of rotatable bonds is 4. The van der Waals surface area contributed by atoms with Crippen LogP contribution in [-0.2, 0) is 20.8 Å². The minimum absolute atomic E-state index is 0.145. The van der Waals surface area contributed by atoms with Gasteiger partial charge in [0.05, 0.1) is 25.3 Å². The highest BCUT2D eigenvalue weighted by Crippen LogP contribution is 2.42. The first-order chi connectivity index (χ1) is 14.5. The lowest BCUT2D eigenvalue weighted by molar-refractivity contribution is -0.159. The second-order valence-electron chi connectivity index (χ2n) is 8.94. The fraction of sp³-hybridized carbons (Fsp3) is 0.565. The summed E-state index contributed by atoms with van der Waals surface area (Å²) in [5.41, 5.74) is 2.58. The Kier molecular flexibility index (Phi) is 5.13. The summed E-state index contributed by atoms with van der Waals surface area (Å²) in [5.74, 6) is 0.425. The highest BCUT2D eigenvalue weighted by Gasteiger charge is 2.54. The van der Waals surface area contributed by atoms with Gasteiger partial charge in [-0.25, -0.2) is 4.98 Å². The Labute approximate surface area is 176 Å². The molecule has 1 aromatic heterocycles. The first-order valence-corrected chi connectivity index (χ1v) is 10.8. The predicted octanol–water partition coefficient (Wildman–Crippen LogP) is 2.30. The van der Waals surface area contributed by atoms with Crippen LogP contribution in [0.5, 0.6) is 0 Å². The van der Waals surface area contributed by atoms with Gasteiger partial charge in [-0.15, -0.1) is 0 Å². The van der Waals surface area contributed by atoms with Crippen LogP contribution >= 0.6 is 0 Å². The number of carboxylic acid groups (broad SMARTS) is 1. The number of pyridine rings is 1. The molecular formula is C23H29N3O4. The minimum Gasteiger partial charge on any atom is -0.481 e. The Hall–Kier alpha value is -2.22. The van der Waals surface area contributed by atoms with E-state index in [1.54, 1.807) is 0 Å². The number of fused-ring (bicyclic) bond motifs is 2. The van der Waals surface area contributed by atoms with E-state index in [0.29, 0.717) is 39.5 Å². The lowest BCUT2D eigenvalue weighted by Gasteiger charge is -2.34.